The Bertz CT molecular complexity index is 451. The number of carbonyl (C=O) groups is 2. The van der Waals surface area contributed by atoms with Crippen molar-refractivity contribution in [3.05, 3.63) is 29.0 Å². The highest BCUT2D eigenvalue weighted by Gasteiger charge is 2.19. The van der Waals surface area contributed by atoms with Crippen LogP contribution in [0.4, 0.5) is 0 Å². The average Bonchev–Trinajstić information content (AvgIpc) is 2.36. The second kappa shape index (κ2) is 6.35. The van der Waals surface area contributed by atoms with Crippen LogP contribution in [0.25, 0.3) is 0 Å². The van der Waals surface area contributed by atoms with E-state index in [0.29, 0.717) is 5.56 Å². The lowest BCUT2D eigenvalue weighted by atomic mass is 10.1. The van der Waals surface area contributed by atoms with Crippen molar-refractivity contribution < 1.29 is 14.3 Å². The second-order valence-electron chi connectivity index (χ2n) is 3.98. The fourth-order valence-corrected chi connectivity index (χ4v) is 1.70. The van der Waals surface area contributed by atoms with Crippen LogP contribution in [0.5, 0.6) is 0 Å². The van der Waals surface area contributed by atoms with E-state index >= 15 is 0 Å². The summed E-state index contributed by atoms with van der Waals surface area (Å²) in [5.74, 6) is -0.932. The first-order valence-electron chi connectivity index (χ1n) is 5.40. The Hall–Kier alpha value is -1.62. The summed E-state index contributed by atoms with van der Waals surface area (Å²) in [4.78, 5) is 28.6. The van der Waals surface area contributed by atoms with Crippen LogP contribution in [-0.4, -0.2) is 42.5 Å². The van der Waals surface area contributed by atoms with Crippen molar-refractivity contribution >= 4 is 23.5 Å². The Morgan fingerprint density at radius 2 is 2.22 bits per heavy atom. The van der Waals surface area contributed by atoms with Crippen LogP contribution < -0.4 is 0 Å². The van der Waals surface area contributed by atoms with Gasteiger partial charge in [-0.15, -0.1) is 0 Å². The van der Waals surface area contributed by atoms with E-state index in [9.17, 15) is 9.59 Å². The maximum atomic E-state index is 12.0. The number of aromatic nitrogens is 1. The van der Waals surface area contributed by atoms with E-state index in [4.69, 9.17) is 11.6 Å². The average molecular weight is 271 g/mol. The van der Waals surface area contributed by atoms with Gasteiger partial charge in [0.15, 0.2) is 0 Å². The van der Waals surface area contributed by atoms with Crippen molar-refractivity contribution in [2.75, 3.05) is 20.7 Å². The molecule has 0 N–H and O–H groups in total. The molecule has 0 radical (unpaired) electrons. The molecule has 0 aliphatic heterocycles. The van der Waals surface area contributed by atoms with Crippen LogP contribution in [0, 0.1) is 5.92 Å². The molecule has 1 aromatic heterocycles. The summed E-state index contributed by atoms with van der Waals surface area (Å²) in [5, 5.41) is 0.260. The van der Waals surface area contributed by atoms with Crippen LogP contribution in [0.1, 0.15) is 17.3 Å². The number of esters is 1. The van der Waals surface area contributed by atoms with Gasteiger partial charge in [0.05, 0.1) is 13.0 Å². The number of nitrogens with zero attached hydrogens (tertiary/aromatic N) is 2. The van der Waals surface area contributed by atoms with Crippen LogP contribution in [0.2, 0.25) is 5.15 Å². The predicted molar refractivity (Wildman–Crippen MR) is 67.4 cm³/mol. The van der Waals surface area contributed by atoms with E-state index in [1.54, 1.807) is 20.0 Å². The molecule has 0 fully saturated rings. The minimum absolute atomic E-state index is 0.213. The van der Waals surface area contributed by atoms with E-state index in [0.717, 1.165) is 0 Å². The molecule has 0 saturated heterocycles. The fraction of sp³-hybridized carbons (Fsp3) is 0.417. The minimum atomic E-state index is -0.374. The molecule has 0 saturated carbocycles. The Balaban J connectivity index is 2.70. The summed E-state index contributed by atoms with van der Waals surface area (Å²) in [7, 11) is 2.94. The highest BCUT2D eigenvalue weighted by molar-refractivity contribution is 6.29. The molecule has 0 bridgehead atoms. The molecule has 0 spiro atoms. The van der Waals surface area contributed by atoms with Crippen LogP contribution in [0.15, 0.2) is 18.3 Å². The molecule has 1 unspecified atom stereocenters. The van der Waals surface area contributed by atoms with Gasteiger partial charge in [-0.3, -0.25) is 9.59 Å². The fourth-order valence-electron chi connectivity index (χ4n) is 1.53. The molecule has 1 heterocycles. The van der Waals surface area contributed by atoms with Crippen molar-refractivity contribution in [3.8, 4) is 0 Å². The lowest BCUT2D eigenvalue weighted by molar-refractivity contribution is -0.145. The molecule has 0 aliphatic carbocycles. The standard InChI is InChI=1S/C12H15ClN2O3/c1-8(12(17)18-3)7-15(2)11(16)9-4-5-14-10(13)6-9/h4-6,8H,7H2,1-3H3. The maximum absolute atomic E-state index is 12.0. The Labute approximate surface area is 111 Å². The molecule has 0 aliphatic rings. The van der Waals surface area contributed by atoms with Gasteiger partial charge in [0, 0.05) is 25.4 Å². The topological polar surface area (TPSA) is 59.5 Å². The zero-order valence-electron chi connectivity index (χ0n) is 10.5. The van der Waals surface area contributed by atoms with Gasteiger partial charge in [-0.25, -0.2) is 4.98 Å². The van der Waals surface area contributed by atoms with E-state index in [1.165, 1.54) is 24.3 Å². The number of amides is 1. The molecule has 1 aromatic rings. The molecule has 18 heavy (non-hydrogen) atoms. The van der Waals surface area contributed by atoms with Gasteiger partial charge in [0.2, 0.25) is 0 Å². The Kier molecular flexibility index (Phi) is 5.09. The number of halogens is 1. The molecular formula is C12H15ClN2O3. The van der Waals surface area contributed by atoms with Gasteiger partial charge >= 0.3 is 5.97 Å². The summed E-state index contributed by atoms with van der Waals surface area (Å²) >= 11 is 5.72. The van der Waals surface area contributed by atoms with Crippen molar-refractivity contribution in [2.45, 2.75) is 6.92 Å². The quantitative estimate of drug-likeness (QED) is 0.616. The molecule has 98 valence electrons. The zero-order chi connectivity index (χ0) is 13.7. The Morgan fingerprint density at radius 3 is 2.78 bits per heavy atom. The number of hydrogen-bond donors (Lipinski definition) is 0. The smallest absolute Gasteiger partial charge is 0.310 e. The molecule has 1 atom stereocenters. The number of methoxy groups -OCH3 is 1. The first-order chi connectivity index (χ1) is 8.45. The third-order valence-electron chi connectivity index (χ3n) is 2.47. The number of pyridine rings is 1. The lowest BCUT2D eigenvalue weighted by Crippen LogP contribution is -2.34. The SMILES string of the molecule is COC(=O)C(C)CN(C)C(=O)c1ccnc(Cl)c1. The van der Waals surface area contributed by atoms with Crippen molar-refractivity contribution in [2.24, 2.45) is 5.92 Å². The summed E-state index contributed by atoms with van der Waals surface area (Å²) in [5.41, 5.74) is 0.439. The molecule has 5 nitrogen and oxygen atoms in total. The van der Waals surface area contributed by atoms with E-state index in [1.807, 2.05) is 0 Å². The predicted octanol–water partition coefficient (Wildman–Crippen LogP) is 1.62. The second-order valence-corrected chi connectivity index (χ2v) is 4.36. The number of rotatable bonds is 4. The van der Waals surface area contributed by atoms with Gasteiger partial charge in [-0.2, -0.15) is 0 Å². The van der Waals surface area contributed by atoms with E-state index < -0.39 is 0 Å². The third kappa shape index (κ3) is 3.70. The van der Waals surface area contributed by atoms with Crippen molar-refractivity contribution in [1.29, 1.82) is 0 Å². The van der Waals surface area contributed by atoms with Gasteiger partial charge in [0.1, 0.15) is 5.15 Å². The molecular weight excluding hydrogens is 256 g/mol. The van der Waals surface area contributed by atoms with Gasteiger partial charge in [-0.1, -0.05) is 18.5 Å². The summed E-state index contributed by atoms with van der Waals surface area (Å²) in [6.45, 7) is 1.99. The normalized spacial score (nSPS) is 11.8. The van der Waals surface area contributed by atoms with Crippen LogP contribution >= 0.6 is 11.6 Å². The third-order valence-corrected chi connectivity index (χ3v) is 2.68. The van der Waals surface area contributed by atoms with Crippen LogP contribution in [0.3, 0.4) is 0 Å². The van der Waals surface area contributed by atoms with E-state index in [2.05, 4.69) is 9.72 Å². The minimum Gasteiger partial charge on any atom is -0.469 e. The van der Waals surface area contributed by atoms with Gasteiger partial charge < -0.3 is 9.64 Å². The number of carbonyl (C=O) groups excluding carboxylic acids is 2. The first-order valence-corrected chi connectivity index (χ1v) is 5.78. The highest BCUT2D eigenvalue weighted by atomic mass is 35.5. The molecule has 1 amide bonds. The van der Waals surface area contributed by atoms with Gasteiger partial charge in [0.25, 0.3) is 5.91 Å². The summed E-state index contributed by atoms with van der Waals surface area (Å²) in [6, 6.07) is 3.07. The largest absolute Gasteiger partial charge is 0.469 e. The monoisotopic (exact) mass is 270 g/mol. The highest BCUT2D eigenvalue weighted by Crippen LogP contribution is 2.10. The molecule has 1 rings (SSSR count). The zero-order valence-corrected chi connectivity index (χ0v) is 11.3. The Morgan fingerprint density at radius 1 is 1.56 bits per heavy atom. The summed E-state index contributed by atoms with van der Waals surface area (Å²) in [6.07, 6.45) is 1.47. The number of hydrogen-bond acceptors (Lipinski definition) is 4. The maximum Gasteiger partial charge on any atom is 0.310 e. The summed E-state index contributed by atoms with van der Waals surface area (Å²) < 4.78 is 4.61. The van der Waals surface area contributed by atoms with Gasteiger partial charge in [-0.05, 0) is 12.1 Å². The van der Waals surface area contributed by atoms with Crippen molar-refractivity contribution in [1.82, 2.24) is 9.88 Å². The van der Waals surface area contributed by atoms with Crippen LogP contribution in [-0.2, 0) is 9.53 Å². The van der Waals surface area contributed by atoms with Crippen molar-refractivity contribution in [3.63, 3.8) is 0 Å². The molecule has 0 aromatic carbocycles. The lowest BCUT2D eigenvalue weighted by Gasteiger charge is -2.20. The molecule has 6 heteroatoms. The first kappa shape index (κ1) is 14.4. The number of ether oxygens (including phenoxy) is 1. The van der Waals surface area contributed by atoms with E-state index in [-0.39, 0.29) is 29.5 Å².